The maximum Gasteiger partial charge on any atom is 0.225 e. The fraction of sp³-hybridized carbons (Fsp3) is 0.244. The Morgan fingerprint density at radius 3 is 1.55 bits per heavy atom. The van der Waals surface area contributed by atoms with Gasteiger partial charge in [-0.05, 0) is 53.1 Å². The third kappa shape index (κ3) is 8.33. The molecule has 0 radical (unpaired) electrons. The van der Waals surface area contributed by atoms with Gasteiger partial charge in [-0.3, -0.25) is 9.69 Å². The lowest BCUT2D eigenvalue weighted by molar-refractivity contribution is -0.136. The van der Waals surface area contributed by atoms with E-state index in [0.29, 0.717) is 0 Å². The van der Waals surface area contributed by atoms with Crippen molar-refractivity contribution in [2.45, 2.75) is 51.9 Å². The van der Waals surface area contributed by atoms with E-state index in [4.69, 9.17) is 0 Å². The molecule has 5 aromatic rings. The normalized spacial score (nSPS) is 13.3. The second-order valence-corrected chi connectivity index (χ2v) is 12.0. The molecule has 5 aromatic carbocycles. The molecule has 0 saturated carbocycles. The van der Waals surface area contributed by atoms with Crippen molar-refractivity contribution in [3.05, 3.63) is 168 Å². The minimum absolute atomic E-state index is 0.0138. The third-order valence-electron chi connectivity index (χ3n) is 8.76. The quantitative estimate of drug-likeness (QED) is 0.139. The van der Waals surface area contributed by atoms with E-state index in [1.54, 1.807) is 0 Å². The molecule has 0 bridgehead atoms. The van der Waals surface area contributed by atoms with Crippen LogP contribution in [0, 0.1) is 5.92 Å². The zero-order valence-electron chi connectivity index (χ0n) is 26.2. The Bertz CT molecular complexity index is 1510. The molecule has 3 nitrogen and oxygen atoms in total. The Balaban J connectivity index is 1.42. The van der Waals surface area contributed by atoms with Crippen LogP contribution in [-0.2, 0) is 24.3 Å². The average molecular weight is 581 g/mol. The van der Waals surface area contributed by atoms with E-state index in [0.717, 1.165) is 31.5 Å². The summed E-state index contributed by atoms with van der Waals surface area (Å²) in [5.41, 5.74) is 7.44. The molecule has 0 aliphatic heterocycles. The van der Waals surface area contributed by atoms with Gasteiger partial charge >= 0.3 is 0 Å². The van der Waals surface area contributed by atoms with Crippen LogP contribution in [0.15, 0.2) is 146 Å². The second-order valence-electron chi connectivity index (χ2n) is 12.0. The van der Waals surface area contributed by atoms with Gasteiger partial charge in [-0.25, -0.2) is 0 Å². The van der Waals surface area contributed by atoms with Crippen molar-refractivity contribution in [2.24, 2.45) is 5.92 Å². The molecule has 0 unspecified atom stereocenters. The molecule has 3 heteroatoms. The summed E-state index contributed by atoms with van der Waals surface area (Å²) in [6.07, 6.45) is 1.63. The summed E-state index contributed by atoms with van der Waals surface area (Å²) < 4.78 is 0. The molecule has 0 N–H and O–H groups in total. The average Bonchev–Trinajstić information content (AvgIpc) is 3.08. The number of hydrogen-bond donors (Lipinski definition) is 0. The topological polar surface area (TPSA) is 23.6 Å². The molecule has 1 amide bonds. The van der Waals surface area contributed by atoms with E-state index >= 15 is 0 Å². The SMILES string of the molecule is C[C@H](C[C@@H](Cc1ccc(-c2ccccc2)cc1)N(Cc1ccccc1)Cc1ccccc1)C(=O)N(C)[C@@H](C)c1ccccc1. The van der Waals surface area contributed by atoms with Gasteiger partial charge in [0.25, 0.3) is 0 Å². The Hall–Kier alpha value is -4.47. The molecule has 44 heavy (non-hydrogen) atoms. The Labute approximate surface area is 263 Å². The maximum absolute atomic E-state index is 13.9. The highest BCUT2D eigenvalue weighted by Gasteiger charge is 2.28. The second kappa shape index (κ2) is 15.3. The lowest BCUT2D eigenvalue weighted by Crippen LogP contribution is -2.41. The van der Waals surface area contributed by atoms with Gasteiger partial charge in [0, 0.05) is 32.1 Å². The van der Waals surface area contributed by atoms with E-state index in [2.05, 4.69) is 146 Å². The number of benzene rings is 5. The Kier molecular flexibility index (Phi) is 10.8. The zero-order valence-corrected chi connectivity index (χ0v) is 26.2. The van der Waals surface area contributed by atoms with Crippen LogP contribution in [0.1, 0.15) is 48.6 Å². The van der Waals surface area contributed by atoms with E-state index in [1.165, 1.54) is 27.8 Å². The number of rotatable bonds is 13. The highest BCUT2D eigenvalue weighted by atomic mass is 16.2. The van der Waals surface area contributed by atoms with Gasteiger partial charge in [0.05, 0.1) is 6.04 Å². The molecule has 0 aliphatic carbocycles. The summed E-state index contributed by atoms with van der Waals surface area (Å²) >= 11 is 0. The number of hydrogen-bond acceptors (Lipinski definition) is 2. The van der Waals surface area contributed by atoms with Crippen molar-refractivity contribution in [3.8, 4) is 11.1 Å². The third-order valence-corrected chi connectivity index (χ3v) is 8.76. The van der Waals surface area contributed by atoms with Gasteiger partial charge < -0.3 is 4.90 Å². The van der Waals surface area contributed by atoms with Crippen LogP contribution in [0.2, 0.25) is 0 Å². The van der Waals surface area contributed by atoms with E-state index in [1.807, 2.05) is 30.1 Å². The molecule has 0 fully saturated rings. The summed E-state index contributed by atoms with van der Waals surface area (Å²) in [5, 5.41) is 0. The fourth-order valence-electron chi connectivity index (χ4n) is 6.05. The van der Waals surface area contributed by atoms with Gasteiger partial charge in [-0.1, -0.05) is 153 Å². The first-order valence-electron chi connectivity index (χ1n) is 15.8. The Morgan fingerprint density at radius 2 is 1.02 bits per heavy atom. The van der Waals surface area contributed by atoms with Crippen molar-refractivity contribution >= 4 is 5.91 Å². The summed E-state index contributed by atoms with van der Waals surface area (Å²) in [5.74, 6) is 0.0546. The van der Waals surface area contributed by atoms with E-state index in [-0.39, 0.29) is 23.9 Å². The monoisotopic (exact) mass is 580 g/mol. The van der Waals surface area contributed by atoms with Crippen molar-refractivity contribution in [2.75, 3.05) is 7.05 Å². The molecule has 0 spiro atoms. The standard InChI is InChI=1S/C41H44N2O/c1-32(41(44)42(3)33(2)37-20-12-6-13-21-37)28-40(29-34-24-26-39(27-25-34)38-22-14-7-15-23-38)43(30-35-16-8-4-9-17-35)31-36-18-10-5-11-19-36/h4-27,32-33,40H,28-31H2,1-3H3/t32-,33+,40+/m1/s1. The molecule has 0 aromatic heterocycles. The van der Waals surface area contributed by atoms with Crippen molar-refractivity contribution in [1.29, 1.82) is 0 Å². The van der Waals surface area contributed by atoms with E-state index in [9.17, 15) is 4.79 Å². The molecule has 224 valence electrons. The smallest absolute Gasteiger partial charge is 0.225 e. The number of carbonyl (C=O) groups excluding carboxylic acids is 1. The number of amides is 1. The minimum atomic E-state index is -0.131. The van der Waals surface area contributed by atoms with Crippen molar-refractivity contribution in [3.63, 3.8) is 0 Å². The molecule has 3 atom stereocenters. The van der Waals surface area contributed by atoms with Crippen LogP contribution in [0.3, 0.4) is 0 Å². The number of nitrogens with zero attached hydrogens (tertiary/aromatic N) is 2. The van der Waals surface area contributed by atoms with E-state index < -0.39 is 0 Å². The van der Waals surface area contributed by atoms with Gasteiger partial charge in [-0.2, -0.15) is 0 Å². The predicted octanol–water partition coefficient (Wildman–Crippen LogP) is 9.21. The molecule has 0 saturated heterocycles. The van der Waals surface area contributed by atoms with Crippen LogP contribution >= 0.6 is 0 Å². The van der Waals surface area contributed by atoms with Crippen LogP contribution in [0.25, 0.3) is 11.1 Å². The lowest BCUT2D eigenvalue weighted by atomic mass is 9.92. The van der Waals surface area contributed by atoms with Crippen LogP contribution in [0.5, 0.6) is 0 Å². The zero-order chi connectivity index (χ0) is 30.7. The maximum atomic E-state index is 13.9. The highest BCUT2D eigenvalue weighted by Crippen LogP contribution is 2.27. The first kappa shape index (κ1) is 31.0. The van der Waals surface area contributed by atoms with Gasteiger partial charge in [0.2, 0.25) is 5.91 Å². The molecule has 0 aliphatic rings. The molecular weight excluding hydrogens is 536 g/mol. The van der Waals surface area contributed by atoms with Crippen molar-refractivity contribution < 1.29 is 4.79 Å². The summed E-state index contributed by atoms with van der Waals surface area (Å²) in [6.45, 7) is 5.85. The summed E-state index contributed by atoms with van der Waals surface area (Å²) in [7, 11) is 1.94. The summed E-state index contributed by atoms with van der Waals surface area (Å²) in [4.78, 5) is 18.4. The first-order chi connectivity index (χ1) is 21.5. The predicted molar refractivity (Wildman–Crippen MR) is 183 cm³/mol. The fourth-order valence-corrected chi connectivity index (χ4v) is 6.05. The lowest BCUT2D eigenvalue weighted by Gasteiger charge is -2.35. The molecule has 0 heterocycles. The van der Waals surface area contributed by atoms with Crippen LogP contribution < -0.4 is 0 Å². The van der Waals surface area contributed by atoms with Crippen molar-refractivity contribution in [1.82, 2.24) is 9.80 Å². The molecular formula is C41H44N2O. The van der Waals surface area contributed by atoms with Crippen LogP contribution in [-0.4, -0.2) is 28.8 Å². The largest absolute Gasteiger partial charge is 0.339 e. The highest BCUT2D eigenvalue weighted by molar-refractivity contribution is 5.78. The molecule has 5 rings (SSSR count). The van der Waals surface area contributed by atoms with Gasteiger partial charge in [-0.15, -0.1) is 0 Å². The van der Waals surface area contributed by atoms with Gasteiger partial charge in [0.15, 0.2) is 0 Å². The first-order valence-corrected chi connectivity index (χ1v) is 15.8. The Morgan fingerprint density at radius 1 is 0.568 bits per heavy atom. The van der Waals surface area contributed by atoms with Gasteiger partial charge in [0.1, 0.15) is 0 Å². The summed E-state index contributed by atoms with van der Waals surface area (Å²) in [6, 6.07) is 51.4. The number of carbonyl (C=O) groups is 1. The van der Waals surface area contributed by atoms with Crippen LogP contribution in [0.4, 0.5) is 0 Å². The minimum Gasteiger partial charge on any atom is -0.339 e.